The first-order chi connectivity index (χ1) is 27.7. The largest absolute Gasteiger partial charge is 0.472 e. The average molecular weight is 826 g/mol. The van der Waals surface area contributed by atoms with Crippen molar-refractivity contribution < 1.29 is 37.6 Å². The number of carbonyl (C=O) groups excluding carboxylic acids is 2. The molecule has 57 heavy (non-hydrogen) atoms. The molecule has 9 nitrogen and oxygen atoms in total. The van der Waals surface area contributed by atoms with Gasteiger partial charge in [-0.15, -0.1) is 0 Å². The van der Waals surface area contributed by atoms with Crippen LogP contribution in [0.3, 0.4) is 0 Å². The Bertz CT molecular complexity index is 1050. The summed E-state index contributed by atoms with van der Waals surface area (Å²) in [6, 6.07) is 0. The normalized spacial score (nSPS) is 13.6. The lowest BCUT2D eigenvalue weighted by molar-refractivity contribution is -0.161. The molecular weight excluding hydrogens is 737 g/mol. The fourth-order valence-electron chi connectivity index (χ4n) is 6.35. The molecule has 0 rings (SSSR count). The second-order valence-corrected chi connectivity index (χ2v) is 17.4. The molecule has 0 bridgehead atoms. The van der Waals surface area contributed by atoms with E-state index in [4.69, 9.17) is 18.5 Å². The van der Waals surface area contributed by atoms with E-state index in [0.717, 1.165) is 32.1 Å². The molecule has 0 aliphatic carbocycles. The quantitative estimate of drug-likeness (QED) is 0.0278. The Morgan fingerprint density at radius 1 is 0.544 bits per heavy atom. The van der Waals surface area contributed by atoms with E-state index in [1.165, 1.54) is 135 Å². The first kappa shape index (κ1) is 55.2. The SMILES string of the molecule is CCCCCCCC/C=C\C/C=C\C/C=C\CCCC(=O)OCC(COP(=O)(O)OCCN(C)C)OC(=O)CCCCCCCCCCCCCCCCCCC. The fraction of sp³-hybridized carbons (Fsp3) is 0.830. The number of unbranched alkanes of at least 4 members (excludes halogenated alkanes) is 23. The number of phosphoric ester groups is 1. The summed E-state index contributed by atoms with van der Waals surface area (Å²) in [5.74, 6) is -0.857. The van der Waals surface area contributed by atoms with Crippen molar-refractivity contribution in [1.82, 2.24) is 4.90 Å². The minimum Gasteiger partial charge on any atom is -0.462 e. The maximum atomic E-state index is 12.7. The van der Waals surface area contributed by atoms with Crippen LogP contribution in [0.4, 0.5) is 0 Å². The number of rotatable bonds is 43. The van der Waals surface area contributed by atoms with Gasteiger partial charge in [0.05, 0.1) is 13.2 Å². The molecule has 2 unspecified atom stereocenters. The molecule has 0 aromatic carbocycles. The lowest BCUT2D eigenvalue weighted by Gasteiger charge is -2.20. The number of ether oxygens (including phenoxy) is 2. The number of carbonyl (C=O) groups is 2. The Hall–Kier alpha value is -1.77. The van der Waals surface area contributed by atoms with E-state index in [1.54, 1.807) is 0 Å². The van der Waals surface area contributed by atoms with Gasteiger partial charge >= 0.3 is 19.8 Å². The van der Waals surface area contributed by atoms with Crippen LogP contribution < -0.4 is 0 Å². The Morgan fingerprint density at radius 2 is 0.965 bits per heavy atom. The Balaban J connectivity index is 4.31. The topological polar surface area (TPSA) is 112 Å². The van der Waals surface area contributed by atoms with E-state index in [2.05, 4.69) is 50.3 Å². The summed E-state index contributed by atoms with van der Waals surface area (Å²) < 4.78 is 33.5. The minimum atomic E-state index is -4.37. The summed E-state index contributed by atoms with van der Waals surface area (Å²) in [5.41, 5.74) is 0. The monoisotopic (exact) mass is 826 g/mol. The molecule has 2 atom stereocenters. The molecular formula is C47H88NO8P. The number of esters is 2. The molecule has 0 spiro atoms. The predicted octanol–water partition coefficient (Wildman–Crippen LogP) is 13.5. The van der Waals surface area contributed by atoms with Crippen molar-refractivity contribution in [3.05, 3.63) is 36.5 Å². The third-order valence-corrected chi connectivity index (χ3v) is 10.9. The first-order valence-electron chi connectivity index (χ1n) is 23.3. The minimum absolute atomic E-state index is 0.000954. The Kier molecular flexibility index (Phi) is 41.0. The summed E-state index contributed by atoms with van der Waals surface area (Å²) in [6.45, 7) is 4.28. The number of allylic oxidation sites excluding steroid dienone is 6. The third-order valence-electron chi connectivity index (χ3n) is 9.95. The van der Waals surface area contributed by atoms with Crippen LogP contribution in [0.15, 0.2) is 36.5 Å². The zero-order chi connectivity index (χ0) is 41.9. The molecule has 0 aromatic rings. The lowest BCUT2D eigenvalue weighted by Crippen LogP contribution is -2.29. The highest BCUT2D eigenvalue weighted by Gasteiger charge is 2.26. The van der Waals surface area contributed by atoms with Crippen molar-refractivity contribution in [2.75, 3.05) is 40.5 Å². The number of hydrogen-bond acceptors (Lipinski definition) is 8. The van der Waals surface area contributed by atoms with Crippen LogP contribution in [0.2, 0.25) is 0 Å². The molecule has 0 saturated carbocycles. The van der Waals surface area contributed by atoms with Gasteiger partial charge in [0.1, 0.15) is 6.61 Å². The summed E-state index contributed by atoms with van der Waals surface area (Å²) in [7, 11) is -0.728. The first-order valence-corrected chi connectivity index (χ1v) is 24.8. The molecule has 0 radical (unpaired) electrons. The van der Waals surface area contributed by atoms with Crippen molar-refractivity contribution in [2.45, 2.75) is 213 Å². The second-order valence-electron chi connectivity index (χ2n) is 15.9. The number of likely N-dealkylation sites (N-methyl/N-ethyl adjacent to an activating group) is 1. The van der Waals surface area contributed by atoms with Crippen molar-refractivity contribution in [2.24, 2.45) is 0 Å². The van der Waals surface area contributed by atoms with Gasteiger partial charge in [0, 0.05) is 19.4 Å². The number of nitrogens with zero attached hydrogens (tertiary/aromatic N) is 1. The van der Waals surface area contributed by atoms with E-state index in [0.29, 0.717) is 19.4 Å². The van der Waals surface area contributed by atoms with Gasteiger partial charge in [-0.25, -0.2) is 4.57 Å². The molecule has 1 N–H and O–H groups in total. The molecule has 334 valence electrons. The van der Waals surface area contributed by atoms with Gasteiger partial charge in [-0.3, -0.25) is 18.6 Å². The average Bonchev–Trinajstić information content (AvgIpc) is 3.18. The van der Waals surface area contributed by atoms with Crippen LogP contribution in [0.5, 0.6) is 0 Å². The number of phosphoric acid groups is 1. The van der Waals surface area contributed by atoms with Crippen LogP contribution in [-0.4, -0.2) is 68.3 Å². The molecule has 0 saturated heterocycles. The molecule has 10 heteroatoms. The van der Waals surface area contributed by atoms with Crippen LogP contribution in [0, 0.1) is 0 Å². The number of hydrogen-bond donors (Lipinski definition) is 1. The van der Waals surface area contributed by atoms with E-state index < -0.39 is 32.5 Å². The molecule has 0 aliphatic rings. The molecule has 0 amide bonds. The van der Waals surface area contributed by atoms with E-state index in [1.807, 2.05) is 19.0 Å². The van der Waals surface area contributed by atoms with Crippen molar-refractivity contribution >= 4 is 19.8 Å². The van der Waals surface area contributed by atoms with Crippen LogP contribution >= 0.6 is 7.82 Å². The van der Waals surface area contributed by atoms with Crippen molar-refractivity contribution in [1.29, 1.82) is 0 Å². The molecule has 0 aromatic heterocycles. The Morgan fingerprint density at radius 3 is 1.46 bits per heavy atom. The van der Waals surface area contributed by atoms with Crippen molar-refractivity contribution in [3.8, 4) is 0 Å². The van der Waals surface area contributed by atoms with Crippen LogP contribution in [-0.2, 0) is 32.7 Å². The summed E-state index contributed by atoms with van der Waals surface area (Å²) >= 11 is 0. The highest BCUT2D eigenvalue weighted by atomic mass is 31.2. The molecule has 0 aliphatic heterocycles. The van der Waals surface area contributed by atoms with Crippen molar-refractivity contribution in [3.63, 3.8) is 0 Å². The second kappa shape index (κ2) is 42.4. The van der Waals surface area contributed by atoms with Gasteiger partial charge < -0.3 is 19.3 Å². The summed E-state index contributed by atoms with van der Waals surface area (Å²) in [6.07, 6.45) is 46.3. The maximum Gasteiger partial charge on any atom is 0.472 e. The zero-order valence-electron chi connectivity index (χ0n) is 37.3. The van der Waals surface area contributed by atoms with Gasteiger partial charge in [-0.1, -0.05) is 185 Å². The smallest absolute Gasteiger partial charge is 0.462 e. The van der Waals surface area contributed by atoms with Gasteiger partial charge in [0.2, 0.25) is 0 Å². The lowest BCUT2D eigenvalue weighted by atomic mass is 10.0. The molecule has 0 fully saturated rings. The highest BCUT2D eigenvalue weighted by Crippen LogP contribution is 2.43. The fourth-order valence-corrected chi connectivity index (χ4v) is 7.09. The van der Waals surface area contributed by atoms with Gasteiger partial charge in [0.25, 0.3) is 0 Å². The van der Waals surface area contributed by atoms with Crippen LogP contribution in [0.1, 0.15) is 206 Å². The standard InChI is InChI=1S/C47H88NO8P/c1-5-7-9-11-13-15-17-19-21-23-25-27-29-31-33-35-37-39-46(49)53-43-45(44-55-57(51,52)54-42-41-48(3)4)56-47(50)40-38-36-34-32-30-28-26-24-22-20-18-16-14-12-10-8-6-2/h19,21,25,27,31,33,45H,5-18,20,22-24,26,28-30,32,34-44H2,1-4H3,(H,51,52)/b21-19-,27-25-,33-31-. The van der Waals surface area contributed by atoms with Gasteiger partial charge in [0.15, 0.2) is 6.10 Å². The van der Waals surface area contributed by atoms with Gasteiger partial charge in [-0.05, 0) is 59.0 Å². The van der Waals surface area contributed by atoms with E-state index in [9.17, 15) is 19.0 Å². The van der Waals surface area contributed by atoms with Gasteiger partial charge in [-0.2, -0.15) is 0 Å². The zero-order valence-corrected chi connectivity index (χ0v) is 38.2. The predicted molar refractivity (Wildman–Crippen MR) is 238 cm³/mol. The summed E-state index contributed by atoms with van der Waals surface area (Å²) in [5, 5.41) is 0. The Labute approximate surface area is 350 Å². The maximum absolute atomic E-state index is 12.7. The molecule has 0 heterocycles. The van der Waals surface area contributed by atoms with Crippen LogP contribution in [0.25, 0.3) is 0 Å². The summed E-state index contributed by atoms with van der Waals surface area (Å²) in [4.78, 5) is 37.1. The highest BCUT2D eigenvalue weighted by molar-refractivity contribution is 7.47. The van der Waals surface area contributed by atoms with E-state index >= 15 is 0 Å². The third kappa shape index (κ3) is 43.6. The van der Waals surface area contributed by atoms with E-state index in [-0.39, 0.29) is 26.1 Å².